The highest BCUT2D eigenvalue weighted by Crippen LogP contribution is 2.32. The summed E-state index contributed by atoms with van der Waals surface area (Å²) in [6.07, 6.45) is 0. The number of nitrogens with zero attached hydrogens (tertiary/aromatic N) is 3. The highest BCUT2D eigenvalue weighted by atomic mass is 79.9. The van der Waals surface area contributed by atoms with Gasteiger partial charge in [-0.05, 0) is 48.0 Å². The monoisotopic (exact) mass is 321 g/mol. The van der Waals surface area contributed by atoms with Crippen molar-refractivity contribution in [2.45, 2.75) is 13.8 Å². The van der Waals surface area contributed by atoms with Gasteiger partial charge in [-0.3, -0.25) is 0 Å². The van der Waals surface area contributed by atoms with E-state index in [1.807, 2.05) is 20.9 Å². The van der Waals surface area contributed by atoms with Crippen molar-refractivity contribution in [3.63, 3.8) is 0 Å². The van der Waals surface area contributed by atoms with Crippen molar-refractivity contribution >= 4 is 38.3 Å². The van der Waals surface area contributed by atoms with Gasteiger partial charge >= 0.3 is 0 Å². The average Bonchev–Trinajstić information content (AvgIpc) is 2.81. The van der Waals surface area contributed by atoms with Gasteiger partial charge in [-0.2, -0.15) is 0 Å². The molecule has 3 aromatic rings. The zero-order valence-electron chi connectivity index (χ0n) is 10.4. The highest BCUT2D eigenvalue weighted by Gasteiger charge is 2.10. The van der Waals surface area contributed by atoms with Crippen LogP contribution in [0.5, 0.6) is 0 Å². The van der Waals surface area contributed by atoms with Gasteiger partial charge < -0.3 is 4.57 Å². The van der Waals surface area contributed by atoms with Crippen LogP contribution in [0, 0.1) is 13.8 Å². The molecule has 0 atom stereocenters. The molecule has 0 aliphatic rings. The standard InChI is InChI=1S/C13H12BrN3S/c1-7-12(14)18-13(15-7)9-4-5-11-10(6-9)16-8(2)17(11)3/h4-6H,1-3H3. The molecule has 3 rings (SSSR count). The lowest BCUT2D eigenvalue weighted by Gasteiger charge is -1.98. The Morgan fingerprint density at radius 1 is 1.22 bits per heavy atom. The topological polar surface area (TPSA) is 30.7 Å². The van der Waals surface area contributed by atoms with Crippen molar-refractivity contribution in [2.24, 2.45) is 7.05 Å². The van der Waals surface area contributed by atoms with E-state index < -0.39 is 0 Å². The molecular weight excluding hydrogens is 310 g/mol. The lowest BCUT2D eigenvalue weighted by atomic mass is 10.2. The summed E-state index contributed by atoms with van der Waals surface area (Å²) in [6, 6.07) is 6.32. The number of hydrogen-bond donors (Lipinski definition) is 0. The Bertz CT molecular complexity index is 723. The van der Waals surface area contributed by atoms with Gasteiger partial charge in [0.05, 0.1) is 20.5 Å². The molecule has 5 heteroatoms. The summed E-state index contributed by atoms with van der Waals surface area (Å²) in [5, 5.41) is 1.03. The predicted octanol–water partition coefficient (Wildman–Crippen LogP) is 4.08. The van der Waals surface area contributed by atoms with Gasteiger partial charge in [-0.25, -0.2) is 9.97 Å². The van der Waals surface area contributed by atoms with Crippen LogP contribution in [0.15, 0.2) is 22.0 Å². The summed E-state index contributed by atoms with van der Waals surface area (Å²) >= 11 is 5.17. The molecule has 0 radical (unpaired) electrons. The molecule has 0 aliphatic carbocycles. The van der Waals surface area contributed by atoms with Crippen LogP contribution < -0.4 is 0 Å². The summed E-state index contributed by atoms with van der Waals surface area (Å²) in [5.74, 6) is 1.03. The molecule has 0 N–H and O–H groups in total. The van der Waals surface area contributed by atoms with Gasteiger partial charge in [-0.1, -0.05) is 0 Å². The normalized spacial score (nSPS) is 11.3. The summed E-state index contributed by atoms with van der Waals surface area (Å²) in [6.45, 7) is 4.03. The molecule has 0 saturated heterocycles. The lowest BCUT2D eigenvalue weighted by molar-refractivity contribution is 0.886. The SMILES string of the molecule is Cc1nc(-c2ccc3c(c2)nc(C)n3C)sc1Br. The molecule has 0 saturated carbocycles. The highest BCUT2D eigenvalue weighted by molar-refractivity contribution is 9.11. The quantitative estimate of drug-likeness (QED) is 0.676. The number of rotatable bonds is 1. The molecule has 2 aromatic heterocycles. The largest absolute Gasteiger partial charge is 0.331 e. The van der Waals surface area contributed by atoms with Crippen LogP contribution in [0.2, 0.25) is 0 Å². The number of aryl methyl sites for hydroxylation is 3. The summed E-state index contributed by atoms with van der Waals surface area (Å²) in [7, 11) is 2.04. The summed E-state index contributed by atoms with van der Waals surface area (Å²) < 4.78 is 3.19. The number of thiazole rings is 1. The molecule has 92 valence electrons. The summed E-state index contributed by atoms with van der Waals surface area (Å²) in [5.41, 5.74) is 4.34. The summed E-state index contributed by atoms with van der Waals surface area (Å²) in [4.78, 5) is 9.11. The van der Waals surface area contributed by atoms with Crippen LogP contribution >= 0.6 is 27.3 Å². The smallest absolute Gasteiger partial charge is 0.124 e. The molecule has 0 fully saturated rings. The van der Waals surface area contributed by atoms with E-state index >= 15 is 0 Å². The van der Waals surface area contributed by atoms with Crippen LogP contribution in [0.25, 0.3) is 21.6 Å². The first-order chi connectivity index (χ1) is 8.56. The second-order valence-corrected chi connectivity index (χ2v) is 6.62. The fourth-order valence-electron chi connectivity index (χ4n) is 1.95. The third-order valence-corrected chi connectivity index (χ3v) is 5.15. The van der Waals surface area contributed by atoms with E-state index in [1.165, 1.54) is 0 Å². The molecule has 0 spiro atoms. The zero-order chi connectivity index (χ0) is 12.9. The number of halogens is 1. The van der Waals surface area contributed by atoms with E-state index in [-0.39, 0.29) is 0 Å². The van der Waals surface area contributed by atoms with Crippen molar-refractivity contribution in [1.82, 2.24) is 14.5 Å². The van der Waals surface area contributed by atoms with Crippen LogP contribution in [0.4, 0.5) is 0 Å². The van der Waals surface area contributed by atoms with E-state index in [2.05, 4.69) is 48.7 Å². The first-order valence-corrected chi connectivity index (χ1v) is 7.23. The van der Waals surface area contributed by atoms with Crippen molar-refractivity contribution in [1.29, 1.82) is 0 Å². The Morgan fingerprint density at radius 2 is 2.00 bits per heavy atom. The lowest BCUT2D eigenvalue weighted by Crippen LogP contribution is -1.89. The maximum atomic E-state index is 4.56. The zero-order valence-corrected chi connectivity index (χ0v) is 12.8. The third-order valence-electron chi connectivity index (χ3n) is 3.09. The number of aromatic nitrogens is 3. The van der Waals surface area contributed by atoms with Crippen molar-refractivity contribution in [3.05, 3.63) is 33.5 Å². The van der Waals surface area contributed by atoms with Gasteiger partial charge in [-0.15, -0.1) is 11.3 Å². The number of benzene rings is 1. The number of hydrogen-bond acceptors (Lipinski definition) is 3. The van der Waals surface area contributed by atoms with E-state index in [1.54, 1.807) is 11.3 Å². The molecule has 0 unspecified atom stereocenters. The maximum Gasteiger partial charge on any atom is 0.124 e. The molecule has 0 amide bonds. The molecular formula is C13H12BrN3S. The van der Waals surface area contributed by atoms with Gasteiger partial charge in [0.25, 0.3) is 0 Å². The first kappa shape index (κ1) is 11.9. The molecule has 0 aliphatic heterocycles. The van der Waals surface area contributed by atoms with Gasteiger partial charge in [0.15, 0.2) is 0 Å². The fourth-order valence-corrected chi connectivity index (χ4v) is 3.29. The molecule has 3 nitrogen and oxygen atoms in total. The van der Waals surface area contributed by atoms with Crippen LogP contribution in [-0.2, 0) is 7.05 Å². The Kier molecular flexibility index (Phi) is 2.75. The predicted molar refractivity (Wildman–Crippen MR) is 79.0 cm³/mol. The maximum absolute atomic E-state index is 4.56. The number of imidazole rings is 1. The van der Waals surface area contributed by atoms with E-state index in [4.69, 9.17) is 0 Å². The third kappa shape index (κ3) is 1.78. The Labute approximate surface area is 118 Å². The van der Waals surface area contributed by atoms with E-state index in [9.17, 15) is 0 Å². The van der Waals surface area contributed by atoms with Gasteiger partial charge in [0.1, 0.15) is 10.8 Å². The fraction of sp³-hybridized carbons (Fsp3) is 0.231. The molecule has 2 heterocycles. The van der Waals surface area contributed by atoms with Crippen molar-refractivity contribution in [2.75, 3.05) is 0 Å². The van der Waals surface area contributed by atoms with Gasteiger partial charge in [0.2, 0.25) is 0 Å². The van der Waals surface area contributed by atoms with E-state index in [0.717, 1.165) is 36.9 Å². The molecule has 0 bridgehead atoms. The van der Waals surface area contributed by atoms with E-state index in [0.29, 0.717) is 0 Å². The van der Waals surface area contributed by atoms with Crippen LogP contribution in [0.1, 0.15) is 11.5 Å². The van der Waals surface area contributed by atoms with Crippen molar-refractivity contribution < 1.29 is 0 Å². The van der Waals surface area contributed by atoms with Crippen LogP contribution in [-0.4, -0.2) is 14.5 Å². The second-order valence-electron chi connectivity index (χ2n) is 4.30. The molecule has 1 aromatic carbocycles. The second kappa shape index (κ2) is 4.17. The minimum atomic E-state index is 1.02. The minimum absolute atomic E-state index is 1.02. The molecule has 18 heavy (non-hydrogen) atoms. The minimum Gasteiger partial charge on any atom is -0.331 e. The van der Waals surface area contributed by atoms with Crippen LogP contribution in [0.3, 0.4) is 0 Å². The van der Waals surface area contributed by atoms with Gasteiger partial charge in [0, 0.05) is 12.6 Å². The van der Waals surface area contributed by atoms with Crippen molar-refractivity contribution in [3.8, 4) is 10.6 Å². The number of fused-ring (bicyclic) bond motifs is 1. The average molecular weight is 322 g/mol. The Hall–Kier alpha value is -1.20. The first-order valence-electron chi connectivity index (χ1n) is 5.62. The Morgan fingerprint density at radius 3 is 2.67 bits per heavy atom. The Balaban J connectivity index is 2.19.